The molecule has 1 heterocycles. The number of aromatic amines is 1. The number of H-pyrrole nitrogens is 1. The number of benzene rings is 3. The summed E-state index contributed by atoms with van der Waals surface area (Å²) in [6, 6.07) is 23.9. The Morgan fingerprint density at radius 2 is 1.48 bits per heavy atom. The van der Waals surface area contributed by atoms with Crippen molar-refractivity contribution in [2.24, 2.45) is 0 Å². The van der Waals surface area contributed by atoms with Gasteiger partial charge in [-0.15, -0.1) is 0 Å². The van der Waals surface area contributed by atoms with E-state index in [1.165, 1.54) is 49.8 Å². The van der Waals surface area contributed by atoms with Gasteiger partial charge >= 0.3 is 11.5 Å². The van der Waals surface area contributed by atoms with Gasteiger partial charge in [0.05, 0.1) is 12.1 Å². The van der Waals surface area contributed by atoms with Crippen LogP contribution in [0.1, 0.15) is 60.4 Å². The lowest BCUT2D eigenvalue weighted by Crippen LogP contribution is -2.25. The summed E-state index contributed by atoms with van der Waals surface area (Å²) in [7, 11) is 0. The molecule has 4 aromatic rings. The van der Waals surface area contributed by atoms with E-state index in [1.54, 1.807) is 24.3 Å². The van der Waals surface area contributed by atoms with Crippen molar-refractivity contribution in [3.63, 3.8) is 0 Å². The van der Waals surface area contributed by atoms with Crippen LogP contribution >= 0.6 is 11.8 Å². The maximum Gasteiger partial charge on any atom is 0.446 e. The number of carboxylic acids is 1. The van der Waals surface area contributed by atoms with Crippen LogP contribution in [0.25, 0.3) is 33.6 Å². The summed E-state index contributed by atoms with van der Waals surface area (Å²) in [6.07, 6.45) is 6.06. The number of nitrogens with one attached hydrogen (secondary N) is 2. The largest absolute Gasteiger partial charge is 0.481 e. The third kappa shape index (κ3) is 7.45. The van der Waals surface area contributed by atoms with E-state index < -0.39 is 11.5 Å². The Morgan fingerprint density at radius 3 is 2.10 bits per heavy atom. The zero-order valence-electron chi connectivity index (χ0n) is 22.8. The highest BCUT2D eigenvalue weighted by Crippen LogP contribution is 2.40. The summed E-state index contributed by atoms with van der Waals surface area (Å²) in [5, 5.41) is 11.4. The maximum absolute atomic E-state index is 12.8. The third-order valence-electron chi connectivity index (χ3n) is 7.58. The highest BCUT2D eigenvalue weighted by atomic mass is 32.2. The second-order valence-electron chi connectivity index (χ2n) is 10.5. The number of hydrogen-bond acceptors (Lipinski definition) is 3. The monoisotopic (exact) mass is 592 g/mol. The van der Waals surface area contributed by atoms with Crippen LogP contribution in [0.5, 0.6) is 0 Å². The number of carbonyl (C=O) groups excluding carboxylic acids is 1. The number of amides is 1. The van der Waals surface area contributed by atoms with Crippen LogP contribution < -0.4 is 5.32 Å². The second-order valence-corrected chi connectivity index (χ2v) is 11.6. The molecule has 3 N–H and O–H groups in total. The molecule has 5 nitrogen and oxygen atoms in total. The highest BCUT2D eigenvalue weighted by molar-refractivity contribution is 8.00. The molecule has 1 aliphatic carbocycles. The van der Waals surface area contributed by atoms with E-state index in [0.717, 1.165) is 33.6 Å². The number of thioether (sulfide) groups is 1. The molecule has 0 saturated heterocycles. The van der Waals surface area contributed by atoms with Crippen LogP contribution in [0, 0.1) is 0 Å². The summed E-state index contributed by atoms with van der Waals surface area (Å²) < 4.78 is 38.5. The van der Waals surface area contributed by atoms with E-state index in [4.69, 9.17) is 5.11 Å². The van der Waals surface area contributed by atoms with Crippen LogP contribution in [-0.2, 0) is 4.79 Å². The Morgan fingerprint density at radius 1 is 0.857 bits per heavy atom. The predicted molar refractivity (Wildman–Crippen MR) is 159 cm³/mol. The molecule has 1 aliphatic rings. The number of halogens is 3. The molecule has 0 atom stereocenters. The zero-order chi connectivity index (χ0) is 29.7. The van der Waals surface area contributed by atoms with E-state index >= 15 is 0 Å². The molecule has 9 heteroatoms. The van der Waals surface area contributed by atoms with Crippen LogP contribution in [0.4, 0.5) is 13.2 Å². The Balaban J connectivity index is 1.45. The summed E-state index contributed by atoms with van der Waals surface area (Å²) >= 11 is -0.142. The quantitative estimate of drug-likeness (QED) is 0.170. The fraction of sp³-hybridized carbons (Fsp3) is 0.273. The van der Waals surface area contributed by atoms with E-state index in [0.29, 0.717) is 11.5 Å². The Bertz CT molecular complexity index is 1520. The molecular weight excluding hydrogens is 561 g/mol. The van der Waals surface area contributed by atoms with Crippen molar-refractivity contribution in [3.8, 4) is 33.6 Å². The van der Waals surface area contributed by atoms with Crippen molar-refractivity contribution >= 4 is 23.6 Å². The van der Waals surface area contributed by atoms with Crippen LogP contribution in [-0.4, -0.2) is 34.0 Å². The van der Waals surface area contributed by atoms with E-state index in [9.17, 15) is 22.8 Å². The Labute approximate surface area is 246 Å². The summed E-state index contributed by atoms with van der Waals surface area (Å²) in [6.45, 7) is 0.0389. The molecule has 0 radical (unpaired) electrons. The average molecular weight is 593 g/mol. The zero-order valence-corrected chi connectivity index (χ0v) is 23.7. The van der Waals surface area contributed by atoms with Crippen molar-refractivity contribution in [1.29, 1.82) is 0 Å². The molecule has 0 bridgehead atoms. The molecule has 218 valence electrons. The Hall–Kier alpha value is -3.98. The number of carbonyl (C=O) groups is 2. The molecule has 5 rings (SSSR count). The van der Waals surface area contributed by atoms with Gasteiger partial charge in [0.25, 0.3) is 5.91 Å². The average Bonchev–Trinajstić information content (AvgIpc) is 3.43. The second kappa shape index (κ2) is 12.9. The van der Waals surface area contributed by atoms with Gasteiger partial charge in [-0.05, 0) is 83.1 Å². The first-order valence-corrected chi connectivity index (χ1v) is 14.8. The molecule has 1 fully saturated rings. The standard InChI is InChI=1S/C33H31F3N2O3S/c34-33(35,36)42-27-16-14-24(15-17-27)29-20-28(23-8-6-22(7-9-23)21-4-2-1-3-5-21)31(38-29)25-10-12-26(13-11-25)32(41)37-19-18-30(39)40/h6-17,20-21,38H,1-5,18-19H2,(H,37,41)(H,39,40). The number of aromatic nitrogens is 1. The molecule has 0 aliphatic heterocycles. The van der Waals surface area contributed by atoms with E-state index in [2.05, 4.69) is 34.6 Å². The summed E-state index contributed by atoms with van der Waals surface area (Å²) in [5.74, 6) is -0.761. The van der Waals surface area contributed by atoms with Gasteiger partial charge in [-0.2, -0.15) is 13.2 Å². The smallest absolute Gasteiger partial charge is 0.446 e. The molecule has 3 aromatic carbocycles. The summed E-state index contributed by atoms with van der Waals surface area (Å²) in [4.78, 5) is 26.8. The molecule has 0 spiro atoms. The molecule has 0 unspecified atom stereocenters. The Kier molecular flexibility index (Phi) is 9.06. The molecule has 42 heavy (non-hydrogen) atoms. The number of rotatable bonds is 9. The van der Waals surface area contributed by atoms with Gasteiger partial charge in [-0.1, -0.05) is 67.8 Å². The van der Waals surface area contributed by atoms with Gasteiger partial charge in [0.15, 0.2) is 0 Å². The number of carboxylic acid groups (broad SMARTS) is 1. The third-order valence-corrected chi connectivity index (χ3v) is 8.31. The minimum atomic E-state index is -4.35. The van der Waals surface area contributed by atoms with Crippen LogP contribution in [0.2, 0.25) is 0 Å². The first kappa shape index (κ1) is 29.5. The fourth-order valence-corrected chi connectivity index (χ4v) is 5.99. The highest BCUT2D eigenvalue weighted by Gasteiger charge is 2.29. The van der Waals surface area contributed by atoms with Gasteiger partial charge in [-0.25, -0.2) is 0 Å². The van der Waals surface area contributed by atoms with Crippen molar-refractivity contribution in [2.75, 3.05) is 6.54 Å². The van der Waals surface area contributed by atoms with Crippen molar-refractivity contribution in [3.05, 3.63) is 90.0 Å². The summed E-state index contributed by atoms with van der Waals surface area (Å²) in [5.41, 5.74) is 2.51. The van der Waals surface area contributed by atoms with E-state index in [-0.39, 0.29) is 35.5 Å². The van der Waals surface area contributed by atoms with Crippen LogP contribution in [0.15, 0.2) is 83.8 Å². The van der Waals surface area contributed by atoms with Gasteiger partial charge in [0, 0.05) is 28.3 Å². The minimum absolute atomic E-state index is 0.0389. The van der Waals surface area contributed by atoms with Gasteiger partial charge in [-0.3, -0.25) is 9.59 Å². The first-order chi connectivity index (χ1) is 20.2. The topological polar surface area (TPSA) is 82.2 Å². The number of hydrogen-bond donors (Lipinski definition) is 3. The van der Waals surface area contributed by atoms with E-state index in [1.807, 2.05) is 18.2 Å². The van der Waals surface area contributed by atoms with Gasteiger partial charge < -0.3 is 15.4 Å². The molecule has 1 amide bonds. The number of alkyl halides is 3. The van der Waals surface area contributed by atoms with Crippen molar-refractivity contribution < 1.29 is 27.9 Å². The normalized spacial score (nSPS) is 14.1. The lowest BCUT2D eigenvalue weighted by molar-refractivity contribution is -0.136. The number of aliphatic carboxylic acids is 1. The van der Waals surface area contributed by atoms with Crippen molar-refractivity contribution in [1.82, 2.24) is 10.3 Å². The lowest BCUT2D eigenvalue weighted by Gasteiger charge is -2.22. The van der Waals surface area contributed by atoms with Gasteiger partial charge in [0.1, 0.15) is 0 Å². The van der Waals surface area contributed by atoms with Crippen molar-refractivity contribution in [2.45, 2.75) is 54.8 Å². The molecule has 1 aromatic heterocycles. The van der Waals surface area contributed by atoms with Crippen LogP contribution in [0.3, 0.4) is 0 Å². The van der Waals surface area contributed by atoms with Gasteiger partial charge in [0.2, 0.25) is 0 Å². The fourth-order valence-electron chi connectivity index (χ4n) is 5.45. The predicted octanol–water partition coefficient (Wildman–Crippen LogP) is 8.88. The first-order valence-electron chi connectivity index (χ1n) is 14.0. The maximum atomic E-state index is 12.8. The minimum Gasteiger partial charge on any atom is -0.481 e. The molecular formula is C33H31F3N2O3S. The SMILES string of the molecule is O=C(O)CCNC(=O)c1ccc(-c2[nH]c(-c3ccc(SC(F)(F)F)cc3)cc2-c2ccc(C3CCCCC3)cc2)cc1. The lowest BCUT2D eigenvalue weighted by atomic mass is 9.83. The molecule has 1 saturated carbocycles.